The lowest BCUT2D eigenvalue weighted by Gasteiger charge is -2.46. The van der Waals surface area contributed by atoms with E-state index >= 15 is 0 Å². The van der Waals surface area contributed by atoms with Gasteiger partial charge in [0.05, 0.1) is 29.3 Å². The van der Waals surface area contributed by atoms with Crippen molar-refractivity contribution in [3.8, 4) is 11.3 Å². The molecule has 3 heterocycles. The first-order valence-corrected chi connectivity index (χ1v) is 15.5. The van der Waals surface area contributed by atoms with E-state index in [1.165, 1.54) is 29.8 Å². The Balaban J connectivity index is 1.36. The number of aromatic nitrogens is 4. The van der Waals surface area contributed by atoms with Crippen molar-refractivity contribution < 1.29 is 42.5 Å². The van der Waals surface area contributed by atoms with Gasteiger partial charge in [0.1, 0.15) is 41.2 Å². The summed E-state index contributed by atoms with van der Waals surface area (Å²) in [4.78, 5) is 0. The first kappa shape index (κ1) is 30.5. The van der Waals surface area contributed by atoms with Crippen LogP contribution in [0.15, 0.2) is 22.9 Å². The fraction of sp³-hybridized carbons (Fsp3) is 0.621. The largest absolute Gasteiger partial charge is 0.394 e. The van der Waals surface area contributed by atoms with Crippen molar-refractivity contribution in [3.05, 3.63) is 52.8 Å². The number of ether oxygens (including phenoxy) is 2. The lowest BCUT2D eigenvalue weighted by Crippen LogP contribution is -2.56. The second-order valence-electron chi connectivity index (χ2n) is 11.7. The molecule has 2 aliphatic carbocycles. The molecule has 3 aliphatic rings. The Labute approximate surface area is 250 Å². The van der Waals surface area contributed by atoms with Gasteiger partial charge in [0.15, 0.2) is 17.5 Å². The molecule has 1 aromatic carbocycles. The number of hydrogen-bond acceptors (Lipinski definition) is 10. The van der Waals surface area contributed by atoms with Gasteiger partial charge < -0.3 is 29.3 Å². The molecule has 14 heteroatoms. The molecule has 0 bridgehead atoms. The molecule has 2 aromatic heterocycles. The lowest BCUT2D eigenvalue weighted by molar-refractivity contribution is -0.186. The minimum Gasteiger partial charge on any atom is -0.394 e. The van der Waals surface area contributed by atoms with E-state index in [1.807, 2.05) is 6.92 Å². The zero-order valence-electron chi connectivity index (χ0n) is 23.8. The maximum atomic E-state index is 13.9. The number of nitrogens with zero attached hydrogens (tertiary/aromatic N) is 4. The number of methoxy groups -OCH3 is 1. The normalized spacial score (nSPS) is 28.2. The number of halogens is 3. The van der Waals surface area contributed by atoms with Gasteiger partial charge in [0, 0.05) is 24.2 Å². The molecular formula is C29H35F3N4O6S. The van der Waals surface area contributed by atoms with Crippen LogP contribution in [0.5, 0.6) is 0 Å². The molecule has 3 N–H and O–H groups in total. The number of thioether (sulfide) groups is 1. The predicted molar refractivity (Wildman–Crippen MR) is 149 cm³/mol. The SMILES string of the molecule is CO[C@@H]1[C@@H](n2cc(-c3cc(F)c(F)c(F)c3)nn2)[C@@H](O)[C@@H](CO)O[C@H]1S[C@H](c1c(C)noc1C1CC1)C1(O)CCCCC1. The minimum absolute atomic E-state index is 0.0414. The second kappa shape index (κ2) is 12.1. The zero-order valence-corrected chi connectivity index (χ0v) is 24.6. The Morgan fingerprint density at radius 3 is 2.49 bits per heavy atom. The highest BCUT2D eigenvalue weighted by Gasteiger charge is 2.52. The average molecular weight is 625 g/mol. The highest BCUT2D eigenvalue weighted by Crippen LogP contribution is 2.55. The Morgan fingerprint density at radius 2 is 1.86 bits per heavy atom. The number of aliphatic hydroxyl groups is 3. The van der Waals surface area contributed by atoms with Crippen LogP contribution in [0, 0.1) is 24.4 Å². The first-order chi connectivity index (χ1) is 20.6. The van der Waals surface area contributed by atoms with Crippen LogP contribution < -0.4 is 0 Å². The summed E-state index contributed by atoms with van der Waals surface area (Å²) in [6.07, 6.45) is 4.03. The lowest BCUT2D eigenvalue weighted by atomic mass is 9.79. The van der Waals surface area contributed by atoms with E-state index in [2.05, 4.69) is 15.5 Å². The van der Waals surface area contributed by atoms with Crippen LogP contribution in [0.4, 0.5) is 13.2 Å². The minimum atomic E-state index is -1.59. The van der Waals surface area contributed by atoms with E-state index in [-0.39, 0.29) is 17.2 Å². The third kappa shape index (κ3) is 5.73. The average Bonchev–Trinajstić information content (AvgIpc) is 3.60. The maximum Gasteiger partial charge on any atom is 0.194 e. The van der Waals surface area contributed by atoms with Crippen LogP contribution in [-0.2, 0) is 9.47 Å². The molecular weight excluding hydrogens is 589 g/mol. The molecule has 1 aliphatic heterocycles. The van der Waals surface area contributed by atoms with Crippen molar-refractivity contribution in [3.63, 3.8) is 0 Å². The van der Waals surface area contributed by atoms with E-state index in [0.717, 1.165) is 55.6 Å². The maximum absolute atomic E-state index is 13.9. The quantitative estimate of drug-likeness (QED) is 0.295. The Kier molecular flexibility index (Phi) is 8.61. The van der Waals surface area contributed by atoms with E-state index < -0.39 is 64.7 Å². The summed E-state index contributed by atoms with van der Waals surface area (Å²) in [6.45, 7) is 1.34. The topological polar surface area (TPSA) is 136 Å². The van der Waals surface area contributed by atoms with Gasteiger partial charge in [0.2, 0.25) is 0 Å². The summed E-state index contributed by atoms with van der Waals surface area (Å²) < 4.78 is 60.6. The molecule has 43 heavy (non-hydrogen) atoms. The molecule has 10 nitrogen and oxygen atoms in total. The van der Waals surface area contributed by atoms with Crippen LogP contribution in [0.2, 0.25) is 0 Å². The van der Waals surface area contributed by atoms with Crippen molar-refractivity contribution in [2.24, 2.45) is 0 Å². The Bertz CT molecular complexity index is 1420. The smallest absolute Gasteiger partial charge is 0.194 e. The van der Waals surface area contributed by atoms with Crippen LogP contribution in [0.25, 0.3) is 11.3 Å². The number of benzene rings is 1. The highest BCUT2D eigenvalue weighted by atomic mass is 32.2. The van der Waals surface area contributed by atoms with Crippen LogP contribution >= 0.6 is 11.8 Å². The van der Waals surface area contributed by atoms with Gasteiger partial charge >= 0.3 is 0 Å². The molecule has 0 spiro atoms. The fourth-order valence-corrected chi connectivity index (χ4v) is 8.17. The number of hydrogen-bond donors (Lipinski definition) is 3. The molecule has 6 rings (SSSR count). The van der Waals surface area contributed by atoms with E-state index in [1.54, 1.807) is 0 Å². The summed E-state index contributed by atoms with van der Waals surface area (Å²) in [5, 5.41) is 45.4. The monoisotopic (exact) mass is 624 g/mol. The predicted octanol–water partition coefficient (Wildman–Crippen LogP) is 4.34. The molecule has 0 amide bonds. The summed E-state index contributed by atoms with van der Waals surface area (Å²) in [5.41, 5.74) is -0.346. The van der Waals surface area contributed by atoms with Gasteiger partial charge in [-0.15, -0.1) is 16.9 Å². The van der Waals surface area contributed by atoms with E-state index in [4.69, 9.17) is 14.0 Å². The van der Waals surface area contributed by atoms with Gasteiger partial charge in [-0.2, -0.15) is 0 Å². The Morgan fingerprint density at radius 1 is 1.16 bits per heavy atom. The molecule has 2 saturated carbocycles. The molecule has 3 fully saturated rings. The highest BCUT2D eigenvalue weighted by molar-refractivity contribution is 8.00. The van der Waals surface area contributed by atoms with E-state index in [0.29, 0.717) is 18.5 Å². The van der Waals surface area contributed by atoms with Gasteiger partial charge in [0.25, 0.3) is 0 Å². The van der Waals surface area contributed by atoms with Gasteiger partial charge in [-0.05, 0) is 44.7 Å². The molecule has 6 atom stereocenters. The zero-order chi connectivity index (χ0) is 30.5. The number of rotatable bonds is 9. The van der Waals surface area contributed by atoms with Crippen LogP contribution in [0.1, 0.15) is 79.2 Å². The van der Waals surface area contributed by atoms with Gasteiger partial charge in [-0.3, -0.25) is 0 Å². The van der Waals surface area contributed by atoms with Crippen molar-refractivity contribution in [1.82, 2.24) is 20.2 Å². The third-order valence-corrected chi connectivity index (χ3v) is 10.4. The van der Waals surface area contributed by atoms with Crippen LogP contribution in [-0.4, -0.2) is 78.5 Å². The van der Waals surface area contributed by atoms with Crippen molar-refractivity contribution in [2.75, 3.05) is 13.7 Å². The molecule has 234 valence electrons. The Hall–Kier alpha value is -2.49. The van der Waals surface area contributed by atoms with Crippen molar-refractivity contribution in [1.29, 1.82) is 0 Å². The molecule has 1 saturated heterocycles. The number of aryl methyl sites for hydroxylation is 1. The standard InChI is InChI=1S/C29H35F3N4O6S/c1-14-21(25(42-34-14)15-6-7-15)27(29(39)8-4-3-5-9-29)43-28-26(40-2)23(24(38)20(13-37)41-28)36-12-19(33-35-36)16-10-17(30)22(32)18(31)11-16/h10-12,15,20,23-24,26-28,37-39H,3-9,13H2,1-2H3/t20-,23+,24+,26-,27-,28+/m1/s1. The fourth-order valence-electron chi connectivity index (χ4n) is 6.36. The van der Waals surface area contributed by atoms with Crippen molar-refractivity contribution >= 4 is 11.8 Å². The molecule has 3 aromatic rings. The van der Waals surface area contributed by atoms with E-state index in [9.17, 15) is 28.5 Å². The summed E-state index contributed by atoms with van der Waals surface area (Å²) >= 11 is 1.34. The summed E-state index contributed by atoms with van der Waals surface area (Å²) in [7, 11) is 1.45. The van der Waals surface area contributed by atoms with Gasteiger partial charge in [-0.1, -0.05) is 29.6 Å². The van der Waals surface area contributed by atoms with Gasteiger partial charge in [-0.25, -0.2) is 17.9 Å². The third-order valence-electron chi connectivity index (χ3n) is 8.82. The summed E-state index contributed by atoms with van der Waals surface area (Å²) in [6, 6.07) is 0.673. The van der Waals surface area contributed by atoms with Crippen molar-refractivity contribution in [2.45, 2.75) is 98.4 Å². The second-order valence-corrected chi connectivity index (χ2v) is 13.0. The summed E-state index contributed by atoms with van der Waals surface area (Å²) in [5.74, 6) is -3.32. The molecule has 0 unspecified atom stereocenters. The number of aliphatic hydroxyl groups excluding tert-OH is 2. The molecule has 0 radical (unpaired) electrons. The van der Waals surface area contributed by atoms with Crippen LogP contribution in [0.3, 0.4) is 0 Å². The first-order valence-electron chi connectivity index (χ1n) is 14.5.